The highest BCUT2D eigenvalue weighted by molar-refractivity contribution is 6.06. The average molecular weight is 439 g/mol. The number of nitrogens with zero attached hydrogens (tertiary/aromatic N) is 2. The van der Waals surface area contributed by atoms with Crippen LogP contribution in [0.15, 0.2) is 72.0 Å². The number of carbonyl (C=O) groups excluding carboxylic acids is 2. The second-order valence-corrected chi connectivity index (χ2v) is 7.25. The molecule has 164 valence electrons. The predicted molar refractivity (Wildman–Crippen MR) is 112 cm³/mol. The lowest BCUT2D eigenvalue weighted by molar-refractivity contribution is -0.222. The van der Waals surface area contributed by atoms with Gasteiger partial charge in [0.25, 0.3) is 5.91 Å². The van der Waals surface area contributed by atoms with E-state index in [4.69, 9.17) is 4.84 Å². The van der Waals surface area contributed by atoms with Crippen molar-refractivity contribution in [1.82, 2.24) is 10.3 Å². The Morgan fingerprint density at radius 2 is 1.84 bits per heavy atom. The molecule has 1 aliphatic heterocycles. The van der Waals surface area contributed by atoms with Crippen LogP contribution >= 0.6 is 0 Å². The van der Waals surface area contributed by atoms with Crippen molar-refractivity contribution in [2.24, 2.45) is 5.16 Å². The number of oxime groups is 1. The molecule has 9 heteroatoms. The number of alkyl halides is 2. The van der Waals surface area contributed by atoms with Crippen LogP contribution in [0.25, 0.3) is 10.8 Å². The van der Waals surface area contributed by atoms with Gasteiger partial charge in [0.1, 0.15) is 5.69 Å². The summed E-state index contributed by atoms with van der Waals surface area (Å²) in [7, 11) is 1.00. The lowest BCUT2D eigenvalue weighted by Crippen LogP contribution is -2.53. The van der Waals surface area contributed by atoms with E-state index in [1.54, 1.807) is 24.3 Å². The van der Waals surface area contributed by atoms with Crippen LogP contribution in [0.2, 0.25) is 0 Å². The lowest BCUT2D eigenvalue weighted by Gasteiger charge is -2.32. The molecule has 0 aliphatic carbocycles. The average Bonchev–Trinajstić information content (AvgIpc) is 3.28. The number of methoxy groups -OCH3 is 1. The van der Waals surface area contributed by atoms with Gasteiger partial charge in [-0.25, -0.2) is 4.79 Å². The van der Waals surface area contributed by atoms with Crippen molar-refractivity contribution >= 4 is 28.4 Å². The first-order chi connectivity index (χ1) is 15.4. The molecule has 1 aliphatic rings. The van der Waals surface area contributed by atoms with Crippen molar-refractivity contribution < 1.29 is 27.9 Å². The van der Waals surface area contributed by atoms with Gasteiger partial charge in [-0.05, 0) is 11.5 Å². The lowest BCUT2D eigenvalue weighted by atomic mass is 9.85. The molecule has 1 unspecified atom stereocenters. The highest BCUT2D eigenvalue weighted by atomic mass is 19.3. The van der Waals surface area contributed by atoms with E-state index in [-0.39, 0.29) is 18.0 Å². The summed E-state index contributed by atoms with van der Waals surface area (Å²) in [6.45, 7) is -0.201. The number of ether oxygens (including phenoxy) is 1. The largest absolute Gasteiger partial charge is 0.466 e. The zero-order chi connectivity index (χ0) is 22.8. The number of carbonyl (C=O) groups is 2. The molecule has 1 atom stereocenters. The SMILES string of the molecule is COC(=O)C1(C(F)(F)c2ccccc2)CC(CNC(=O)c2nccc3ccccc23)=NO1. The molecule has 32 heavy (non-hydrogen) atoms. The third kappa shape index (κ3) is 3.55. The first kappa shape index (κ1) is 21.4. The maximum atomic E-state index is 15.4. The summed E-state index contributed by atoms with van der Waals surface area (Å²) in [6.07, 6.45) is 0.959. The van der Waals surface area contributed by atoms with Gasteiger partial charge in [-0.2, -0.15) is 8.78 Å². The molecule has 3 aromatic rings. The number of pyridine rings is 1. The fourth-order valence-corrected chi connectivity index (χ4v) is 3.61. The smallest absolute Gasteiger partial charge is 0.360 e. The summed E-state index contributed by atoms with van der Waals surface area (Å²) in [5, 5.41) is 7.77. The van der Waals surface area contributed by atoms with E-state index in [1.165, 1.54) is 30.5 Å². The number of nitrogens with one attached hydrogen (secondary N) is 1. The molecular weight excluding hydrogens is 420 g/mol. The Labute approximate surface area is 182 Å². The molecule has 1 aromatic heterocycles. The van der Waals surface area contributed by atoms with Gasteiger partial charge in [0.05, 0.1) is 25.8 Å². The molecule has 0 spiro atoms. The van der Waals surface area contributed by atoms with E-state index in [0.717, 1.165) is 12.5 Å². The zero-order valence-electron chi connectivity index (χ0n) is 17.0. The van der Waals surface area contributed by atoms with Gasteiger partial charge in [0.2, 0.25) is 0 Å². The minimum absolute atomic E-state index is 0.0691. The van der Waals surface area contributed by atoms with Crippen molar-refractivity contribution in [1.29, 1.82) is 0 Å². The van der Waals surface area contributed by atoms with Crippen molar-refractivity contribution in [3.63, 3.8) is 0 Å². The second kappa shape index (κ2) is 8.33. The third-order valence-electron chi connectivity index (χ3n) is 5.28. The van der Waals surface area contributed by atoms with Crippen LogP contribution in [-0.2, 0) is 20.3 Å². The van der Waals surface area contributed by atoms with Gasteiger partial charge < -0.3 is 14.9 Å². The summed E-state index contributed by atoms with van der Waals surface area (Å²) in [5.74, 6) is -5.49. The molecule has 7 nitrogen and oxygen atoms in total. The van der Waals surface area contributed by atoms with Crippen LogP contribution in [-0.4, -0.2) is 41.8 Å². The Balaban J connectivity index is 1.53. The topological polar surface area (TPSA) is 89.9 Å². The van der Waals surface area contributed by atoms with E-state index in [1.807, 2.05) is 12.1 Å². The first-order valence-corrected chi connectivity index (χ1v) is 9.76. The van der Waals surface area contributed by atoms with Gasteiger partial charge >= 0.3 is 17.5 Å². The second-order valence-electron chi connectivity index (χ2n) is 7.25. The number of rotatable bonds is 6. The molecule has 2 heterocycles. The van der Waals surface area contributed by atoms with Crippen LogP contribution in [0.4, 0.5) is 8.78 Å². The van der Waals surface area contributed by atoms with Crippen LogP contribution in [0, 0.1) is 0 Å². The number of halogens is 2. The summed E-state index contributed by atoms with van der Waals surface area (Å²) in [6, 6.07) is 15.8. The van der Waals surface area contributed by atoms with Crippen molar-refractivity contribution in [2.75, 3.05) is 13.7 Å². The monoisotopic (exact) mass is 439 g/mol. The predicted octanol–water partition coefficient (Wildman–Crippen LogP) is 3.44. The fraction of sp³-hybridized carbons (Fsp3) is 0.217. The number of hydrogen-bond donors (Lipinski definition) is 1. The normalized spacial score (nSPS) is 18.0. The van der Waals surface area contributed by atoms with Gasteiger partial charge in [-0.1, -0.05) is 59.8 Å². The summed E-state index contributed by atoms with van der Waals surface area (Å²) in [4.78, 5) is 34.2. The molecule has 1 N–H and O–H groups in total. The molecular formula is C23H19F2N3O4. The number of benzene rings is 2. The van der Waals surface area contributed by atoms with Crippen molar-refractivity contribution in [3.05, 3.63) is 78.1 Å². The van der Waals surface area contributed by atoms with Gasteiger partial charge in [-0.3, -0.25) is 9.78 Å². The summed E-state index contributed by atoms with van der Waals surface area (Å²) in [5.41, 5.74) is -2.82. The number of fused-ring (bicyclic) bond motifs is 1. The van der Waals surface area contributed by atoms with E-state index in [9.17, 15) is 9.59 Å². The standard InChI is InChI=1S/C23H19F2N3O4/c1-31-21(30)22(23(24,25)16-8-3-2-4-9-16)13-17(28-32-22)14-27-20(29)19-18-10-6-5-7-15(18)11-12-26-19/h2-12H,13-14H2,1H3,(H,27,29). The quantitative estimate of drug-likeness (QED) is 0.595. The van der Waals surface area contributed by atoms with Crippen molar-refractivity contribution in [2.45, 2.75) is 17.9 Å². The minimum atomic E-state index is -3.73. The highest BCUT2D eigenvalue weighted by Crippen LogP contribution is 2.46. The van der Waals surface area contributed by atoms with E-state index >= 15 is 8.78 Å². The summed E-state index contributed by atoms with van der Waals surface area (Å²) < 4.78 is 35.4. The van der Waals surface area contributed by atoms with Gasteiger partial charge in [0, 0.05) is 17.1 Å². The van der Waals surface area contributed by atoms with Crippen LogP contribution < -0.4 is 5.32 Å². The molecule has 0 saturated heterocycles. The van der Waals surface area contributed by atoms with Gasteiger partial charge in [-0.15, -0.1) is 0 Å². The number of esters is 1. The van der Waals surface area contributed by atoms with E-state index in [0.29, 0.717) is 5.39 Å². The Morgan fingerprint density at radius 3 is 2.59 bits per heavy atom. The number of aromatic nitrogens is 1. The Kier molecular flexibility index (Phi) is 5.56. The molecule has 2 aromatic carbocycles. The van der Waals surface area contributed by atoms with Crippen molar-refractivity contribution in [3.8, 4) is 0 Å². The number of amides is 1. The Morgan fingerprint density at radius 1 is 1.12 bits per heavy atom. The molecule has 0 fully saturated rings. The molecule has 0 radical (unpaired) electrons. The molecule has 1 amide bonds. The van der Waals surface area contributed by atoms with E-state index in [2.05, 4.69) is 20.2 Å². The van der Waals surface area contributed by atoms with Crippen LogP contribution in [0.3, 0.4) is 0 Å². The maximum Gasteiger partial charge on any atom is 0.360 e. The molecule has 0 bridgehead atoms. The first-order valence-electron chi connectivity index (χ1n) is 9.76. The van der Waals surface area contributed by atoms with Gasteiger partial charge in [0.15, 0.2) is 0 Å². The maximum absolute atomic E-state index is 15.4. The zero-order valence-corrected chi connectivity index (χ0v) is 17.0. The minimum Gasteiger partial charge on any atom is -0.466 e. The molecule has 4 rings (SSSR count). The van der Waals surface area contributed by atoms with Crippen LogP contribution in [0.5, 0.6) is 0 Å². The third-order valence-corrected chi connectivity index (χ3v) is 5.28. The van der Waals surface area contributed by atoms with Crippen LogP contribution in [0.1, 0.15) is 22.5 Å². The number of hydrogen-bond acceptors (Lipinski definition) is 6. The van der Waals surface area contributed by atoms with E-state index < -0.39 is 35.4 Å². The summed E-state index contributed by atoms with van der Waals surface area (Å²) >= 11 is 0. The highest BCUT2D eigenvalue weighted by Gasteiger charge is 2.66. The molecule has 0 saturated carbocycles. The Bertz CT molecular complexity index is 1190. The Hall–Kier alpha value is -3.88. The fourth-order valence-electron chi connectivity index (χ4n) is 3.61.